The molecule has 0 heterocycles. The van der Waals surface area contributed by atoms with Gasteiger partial charge in [0, 0.05) is 19.7 Å². The highest BCUT2D eigenvalue weighted by molar-refractivity contribution is 7.89. The number of carbonyl (C=O) groups excluding carboxylic acids is 1. The molecule has 6 nitrogen and oxygen atoms in total. The molecule has 0 atom stereocenters. The molecule has 0 spiro atoms. The number of hydrogen-bond donors (Lipinski definition) is 2. The molecular weight excluding hydrogens is 316 g/mol. The standard InChI is InChI=1S/C13H15ClN2O4S/c1-15-13(18)9-16(2)21(19,20)12-6-5-10(4-3-7-17)8-11(12)14/h5-6,8,17H,7,9H2,1-2H3,(H,15,18). The van der Waals surface area contributed by atoms with Gasteiger partial charge in [0.25, 0.3) is 0 Å². The summed E-state index contributed by atoms with van der Waals surface area (Å²) in [6, 6.07) is 4.19. The molecule has 21 heavy (non-hydrogen) atoms. The normalized spacial score (nSPS) is 10.9. The summed E-state index contributed by atoms with van der Waals surface area (Å²) in [6.45, 7) is -0.603. The zero-order valence-electron chi connectivity index (χ0n) is 11.6. The fraction of sp³-hybridized carbons (Fsp3) is 0.308. The first kappa shape index (κ1) is 17.5. The lowest BCUT2D eigenvalue weighted by Crippen LogP contribution is -2.37. The van der Waals surface area contributed by atoms with Gasteiger partial charge in [0.15, 0.2) is 0 Å². The lowest BCUT2D eigenvalue weighted by Gasteiger charge is -2.17. The van der Waals surface area contributed by atoms with Crippen LogP contribution in [0.1, 0.15) is 5.56 Å². The third kappa shape index (κ3) is 4.44. The first-order chi connectivity index (χ1) is 9.82. The van der Waals surface area contributed by atoms with Crippen LogP contribution < -0.4 is 5.32 Å². The Bertz CT molecular complexity index is 692. The molecule has 1 rings (SSSR count). The summed E-state index contributed by atoms with van der Waals surface area (Å²) >= 11 is 5.97. The fourth-order valence-electron chi connectivity index (χ4n) is 1.46. The Kier molecular flexibility index (Phi) is 6.18. The zero-order valence-corrected chi connectivity index (χ0v) is 13.1. The van der Waals surface area contributed by atoms with Crippen molar-refractivity contribution in [1.82, 2.24) is 9.62 Å². The van der Waals surface area contributed by atoms with Crippen LogP contribution in [0.2, 0.25) is 5.02 Å². The lowest BCUT2D eigenvalue weighted by molar-refractivity contribution is -0.120. The molecule has 0 unspecified atom stereocenters. The highest BCUT2D eigenvalue weighted by Crippen LogP contribution is 2.24. The van der Waals surface area contributed by atoms with Gasteiger partial charge in [0.2, 0.25) is 15.9 Å². The summed E-state index contributed by atoms with van der Waals surface area (Å²) in [5, 5.41) is 11.0. The summed E-state index contributed by atoms with van der Waals surface area (Å²) in [4.78, 5) is 11.2. The Morgan fingerprint density at radius 1 is 1.48 bits per heavy atom. The average Bonchev–Trinajstić information content (AvgIpc) is 2.44. The molecule has 0 aromatic heterocycles. The number of nitrogens with one attached hydrogen (secondary N) is 1. The Hall–Kier alpha value is -1.59. The van der Waals surface area contributed by atoms with E-state index in [1.54, 1.807) is 0 Å². The Labute approximate surface area is 128 Å². The predicted octanol–water partition coefficient (Wildman–Crippen LogP) is 0.0503. The van der Waals surface area contributed by atoms with Gasteiger partial charge < -0.3 is 10.4 Å². The third-order valence-electron chi connectivity index (χ3n) is 2.58. The number of halogens is 1. The Morgan fingerprint density at radius 2 is 2.14 bits per heavy atom. The second kappa shape index (κ2) is 7.43. The van der Waals surface area contributed by atoms with Crippen LogP contribution in [-0.4, -0.2) is 51.0 Å². The number of benzene rings is 1. The molecule has 0 fully saturated rings. The van der Waals surface area contributed by atoms with E-state index in [1.807, 2.05) is 0 Å². The minimum absolute atomic E-state index is 0.00324. The van der Waals surface area contributed by atoms with Crippen LogP contribution in [0.15, 0.2) is 23.1 Å². The van der Waals surface area contributed by atoms with Gasteiger partial charge in [-0.2, -0.15) is 4.31 Å². The maximum atomic E-state index is 12.3. The SMILES string of the molecule is CNC(=O)CN(C)S(=O)(=O)c1ccc(C#CCO)cc1Cl. The van der Waals surface area contributed by atoms with E-state index in [-0.39, 0.29) is 23.1 Å². The maximum Gasteiger partial charge on any atom is 0.244 e. The van der Waals surface area contributed by atoms with Crippen LogP contribution in [0, 0.1) is 11.8 Å². The molecule has 114 valence electrons. The smallest absolute Gasteiger partial charge is 0.244 e. The van der Waals surface area contributed by atoms with Crippen LogP contribution in [0.3, 0.4) is 0 Å². The summed E-state index contributed by atoms with van der Waals surface area (Å²) in [7, 11) is -1.16. The topological polar surface area (TPSA) is 86.7 Å². The van der Waals surface area contributed by atoms with Gasteiger partial charge >= 0.3 is 0 Å². The second-order valence-corrected chi connectivity index (χ2v) is 6.46. The minimum atomic E-state index is -3.87. The van der Waals surface area contributed by atoms with Crippen LogP contribution in [0.25, 0.3) is 0 Å². The van der Waals surface area contributed by atoms with Gasteiger partial charge in [0.05, 0.1) is 11.6 Å². The molecule has 8 heteroatoms. The number of aliphatic hydroxyl groups excluding tert-OH is 1. The Morgan fingerprint density at radius 3 is 2.67 bits per heavy atom. The van der Waals surface area contributed by atoms with Crippen LogP contribution >= 0.6 is 11.6 Å². The van der Waals surface area contributed by atoms with Crippen molar-refractivity contribution in [3.63, 3.8) is 0 Å². The highest BCUT2D eigenvalue weighted by atomic mass is 35.5. The zero-order chi connectivity index (χ0) is 16.0. The van der Waals surface area contributed by atoms with E-state index in [9.17, 15) is 13.2 Å². The van der Waals surface area contributed by atoms with Crippen LogP contribution in [-0.2, 0) is 14.8 Å². The molecule has 1 aromatic rings. The lowest BCUT2D eigenvalue weighted by atomic mass is 10.2. The molecule has 0 aliphatic rings. The number of aliphatic hydroxyl groups is 1. The molecule has 0 radical (unpaired) electrons. The number of rotatable bonds is 4. The minimum Gasteiger partial charge on any atom is -0.384 e. The summed E-state index contributed by atoms with van der Waals surface area (Å²) in [6.07, 6.45) is 0. The van der Waals surface area contributed by atoms with E-state index in [4.69, 9.17) is 16.7 Å². The van der Waals surface area contributed by atoms with Crippen molar-refractivity contribution in [3.8, 4) is 11.8 Å². The molecular formula is C13H15ClN2O4S. The van der Waals surface area contributed by atoms with E-state index in [2.05, 4.69) is 17.2 Å². The predicted molar refractivity (Wildman–Crippen MR) is 79.3 cm³/mol. The van der Waals surface area contributed by atoms with Crippen molar-refractivity contribution in [3.05, 3.63) is 28.8 Å². The molecule has 0 bridgehead atoms. The van der Waals surface area contributed by atoms with Gasteiger partial charge in [-0.05, 0) is 18.2 Å². The molecule has 0 aliphatic heterocycles. The van der Waals surface area contributed by atoms with E-state index < -0.39 is 15.9 Å². The molecule has 0 saturated heterocycles. The number of sulfonamides is 1. The quantitative estimate of drug-likeness (QED) is 0.764. The fourth-order valence-corrected chi connectivity index (χ4v) is 3.10. The first-order valence-corrected chi connectivity index (χ1v) is 7.71. The van der Waals surface area contributed by atoms with E-state index >= 15 is 0 Å². The number of amides is 1. The average molecular weight is 331 g/mol. The Balaban J connectivity index is 3.12. The number of hydrogen-bond acceptors (Lipinski definition) is 4. The van der Waals surface area contributed by atoms with Crippen molar-refractivity contribution >= 4 is 27.5 Å². The molecule has 0 saturated carbocycles. The van der Waals surface area contributed by atoms with Gasteiger partial charge in [-0.1, -0.05) is 23.4 Å². The largest absolute Gasteiger partial charge is 0.384 e. The number of nitrogens with zero attached hydrogens (tertiary/aromatic N) is 1. The van der Waals surface area contributed by atoms with Crippen molar-refractivity contribution in [1.29, 1.82) is 0 Å². The summed E-state index contributed by atoms with van der Waals surface area (Å²) in [5.74, 6) is 4.64. The van der Waals surface area contributed by atoms with E-state index in [0.717, 1.165) is 4.31 Å². The summed E-state index contributed by atoms with van der Waals surface area (Å²) in [5.41, 5.74) is 0.488. The van der Waals surface area contributed by atoms with Crippen LogP contribution in [0.5, 0.6) is 0 Å². The van der Waals surface area contributed by atoms with Gasteiger partial charge in [-0.25, -0.2) is 8.42 Å². The molecule has 0 aliphatic carbocycles. The van der Waals surface area contributed by atoms with E-state index in [1.165, 1.54) is 32.3 Å². The summed E-state index contributed by atoms with van der Waals surface area (Å²) < 4.78 is 25.5. The second-order valence-electron chi connectivity index (χ2n) is 4.04. The van der Waals surface area contributed by atoms with Crippen molar-refractivity contribution in [2.24, 2.45) is 0 Å². The maximum absolute atomic E-state index is 12.3. The van der Waals surface area contributed by atoms with E-state index in [0.29, 0.717) is 5.56 Å². The van der Waals surface area contributed by atoms with Crippen molar-refractivity contribution < 1.29 is 18.3 Å². The van der Waals surface area contributed by atoms with Gasteiger partial charge in [-0.15, -0.1) is 0 Å². The van der Waals surface area contributed by atoms with Crippen molar-refractivity contribution in [2.45, 2.75) is 4.90 Å². The molecule has 1 amide bonds. The highest BCUT2D eigenvalue weighted by Gasteiger charge is 2.25. The van der Waals surface area contributed by atoms with Gasteiger partial charge in [0.1, 0.15) is 11.5 Å². The van der Waals surface area contributed by atoms with Crippen molar-refractivity contribution in [2.75, 3.05) is 27.2 Å². The molecule has 2 N–H and O–H groups in total. The number of likely N-dealkylation sites (N-methyl/N-ethyl adjacent to an activating group) is 2. The first-order valence-electron chi connectivity index (χ1n) is 5.89. The third-order valence-corrected chi connectivity index (χ3v) is 4.86. The van der Waals surface area contributed by atoms with Gasteiger partial charge in [-0.3, -0.25) is 4.79 Å². The number of carbonyl (C=O) groups is 1. The monoisotopic (exact) mass is 330 g/mol. The van der Waals surface area contributed by atoms with Crippen LogP contribution in [0.4, 0.5) is 0 Å². The molecule has 1 aromatic carbocycles.